The lowest BCUT2D eigenvalue weighted by atomic mass is 9.85. The number of rotatable bonds is 1. The molecule has 1 atom stereocenters. The molecule has 1 heterocycles. The van der Waals surface area contributed by atoms with E-state index in [0.717, 1.165) is 0 Å². The summed E-state index contributed by atoms with van der Waals surface area (Å²) in [6.07, 6.45) is 0.0146. The highest BCUT2D eigenvalue weighted by molar-refractivity contribution is 5.88. The molecule has 1 aliphatic carbocycles. The summed E-state index contributed by atoms with van der Waals surface area (Å²) in [7, 11) is 0. The van der Waals surface area contributed by atoms with Crippen LogP contribution in [0.3, 0.4) is 0 Å². The van der Waals surface area contributed by atoms with Gasteiger partial charge in [0.05, 0.1) is 19.3 Å². The van der Waals surface area contributed by atoms with Crippen LogP contribution in [0.5, 0.6) is 0 Å². The first-order chi connectivity index (χ1) is 8.75. The molecule has 1 N–H and O–H groups in total. The fourth-order valence-electron chi connectivity index (χ4n) is 2.87. The fourth-order valence-corrected chi connectivity index (χ4v) is 2.87. The summed E-state index contributed by atoms with van der Waals surface area (Å²) in [5.74, 6) is -0.820. The number of carbonyl (C=O) groups is 2. The standard InChI is InChI=1S/C13H21NO5/c1-12(2,3)14(11(16)17)9-8-13(5-4-10(9)15)18-6-7-19-13/h9H,4-8H2,1-3H3,(H,16,17). The number of amides is 1. The van der Waals surface area contributed by atoms with Crippen LogP contribution in [-0.4, -0.2) is 52.5 Å². The lowest BCUT2D eigenvalue weighted by molar-refractivity contribution is -0.192. The Labute approximate surface area is 112 Å². The van der Waals surface area contributed by atoms with Crippen LogP contribution in [0, 0.1) is 0 Å². The maximum Gasteiger partial charge on any atom is 0.408 e. The lowest BCUT2D eigenvalue weighted by Gasteiger charge is -2.44. The molecular formula is C13H21NO5. The van der Waals surface area contributed by atoms with E-state index in [0.29, 0.717) is 26.1 Å². The van der Waals surface area contributed by atoms with Crippen molar-refractivity contribution < 1.29 is 24.2 Å². The van der Waals surface area contributed by atoms with Gasteiger partial charge in [-0.3, -0.25) is 9.69 Å². The van der Waals surface area contributed by atoms with Crippen LogP contribution in [0.1, 0.15) is 40.0 Å². The van der Waals surface area contributed by atoms with E-state index in [9.17, 15) is 14.7 Å². The molecule has 0 aromatic rings. The largest absolute Gasteiger partial charge is 0.465 e. The van der Waals surface area contributed by atoms with Gasteiger partial charge >= 0.3 is 6.09 Å². The highest BCUT2D eigenvalue weighted by Crippen LogP contribution is 2.37. The Morgan fingerprint density at radius 1 is 1.37 bits per heavy atom. The van der Waals surface area contributed by atoms with Gasteiger partial charge in [0.1, 0.15) is 0 Å². The number of Topliss-reactive ketones (excluding diaryl/α,β-unsaturated/α-hetero) is 1. The van der Waals surface area contributed by atoms with Crippen molar-refractivity contribution in [2.24, 2.45) is 0 Å². The molecule has 0 radical (unpaired) electrons. The monoisotopic (exact) mass is 271 g/mol. The Hall–Kier alpha value is -1.14. The molecule has 2 aliphatic rings. The van der Waals surface area contributed by atoms with E-state index in [1.54, 1.807) is 20.8 Å². The first kappa shape index (κ1) is 14.3. The van der Waals surface area contributed by atoms with Crippen molar-refractivity contribution in [3.8, 4) is 0 Å². The van der Waals surface area contributed by atoms with Gasteiger partial charge < -0.3 is 14.6 Å². The molecule has 108 valence electrons. The van der Waals surface area contributed by atoms with Crippen LogP contribution >= 0.6 is 0 Å². The van der Waals surface area contributed by atoms with Crippen LogP contribution in [0.15, 0.2) is 0 Å². The summed E-state index contributed by atoms with van der Waals surface area (Å²) in [4.78, 5) is 24.8. The SMILES string of the molecule is CC(C)(C)N(C(=O)O)C1CC2(CCC1=O)OCCO2. The number of ether oxygens (including phenoxy) is 2. The van der Waals surface area contributed by atoms with Gasteiger partial charge in [0.2, 0.25) is 0 Å². The van der Waals surface area contributed by atoms with Gasteiger partial charge in [-0.2, -0.15) is 0 Å². The summed E-state index contributed by atoms with van der Waals surface area (Å²) < 4.78 is 11.2. The summed E-state index contributed by atoms with van der Waals surface area (Å²) in [6, 6.07) is -0.690. The van der Waals surface area contributed by atoms with Gasteiger partial charge in [0, 0.05) is 24.8 Å². The Kier molecular flexibility index (Phi) is 3.57. The number of nitrogens with zero attached hydrogens (tertiary/aromatic N) is 1. The topological polar surface area (TPSA) is 76.1 Å². The van der Waals surface area contributed by atoms with Crippen molar-refractivity contribution in [3.63, 3.8) is 0 Å². The van der Waals surface area contributed by atoms with Crippen molar-refractivity contribution in [2.75, 3.05) is 13.2 Å². The molecule has 0 bridgehead atoms. The van der Waals surface area contributed by atoms with E-state index >= 15 is 0 Å². The molecule has 2 rings (SSSR count). The number of hydrogen-bond acceptors (Lipinski definition) is 4. The zero-order chi connectivity index (χ0) is 14.3. The quantitative estimate of drug-likeness (QED) is 0.784. The predicted octanol–water partition coefficient (Wildman–Crippen LogP) is 1.63. The number of ketones is 1. The minimum absolute atomic E-state index is 0.0537. The minimum atomic E-state index is -1.08. The zero-order valence-corrected chi connectivity index (χ0v) is 11.6. The third-order valence-electron chi connectivity index (χ3n) is 3.68. The molecule has 2 fully saturated rings. The summed E-state index contributed by atoms with van der Waals surface area (Å²) in [5, 5.41) is 9.40. The molecule has 1 saturated heterocycles. The molecule has 1 saturated carbocycles. The second kappa shape index (κ2) is 4.76. The lowest BCUT2D eigenvalue weighted by Crippen LogP contribution is -2.58. The Bertz CT molecular complexity index is 381. The first-order valence-electron chi connectivity index (χ1n) is 6.58. The van der Waals surface area contributed by atoms with Gasteiger partial charge in [0.15, 0.2) is 11.6 Å². The average Bonchev–Trinajstić information content (AvgIpc) is 2.70. The normalized spacial score (nSPS) is 26.7. The van der Waals surface area contributed by atoms with Crippen molar-refractivity contribution in [1.29, 1.82) is 0 Å². The minimum Gasteiger partial charge on any atom is -0.465 e. The molecular weight excluding hydrogens is 250 g/mol. The van der Waals surface area contributed by atoms with Gasteiger partial charge in [-0.1, -0.05) is 0 Å². The molecule has 6 heteroatoms. The van der Waals surface area contributed by atoms with Crippen molar-refractivity contribution in [1.82, 2.24) is 4.90 Å². The van der Waals surface area contributed by atoms with Crippen LogP contribution in [0.2, 0.25) is 0 Å². The van der Waals surface area contributed by atoms with E-state index < -0.39 is 23.5 Å². The van der Waals surface area contributed by atoms with E-state index in [2.05, 4.69) is 0 Å². The Balaban J connectivity index is 2.24. The highest BCUT2D eigenvalue weighted by atomic mass is 16.7. The fraction of sp³-hybridized carbons (Fsp3) is 0.846. The zero-order valence-electron chi connectivity index (χ0n) is 11.6. The molecule has 1 spiro atoms. The average molecular weight is 271 g/mol. The molecule has 1 amide bonds. The van der Waals surface area contributed by atoms with Crippen LogP contribution in [-0.2, 0) is 14.3 Å². The van der Waals surface area contributed by atoms with Crippen LogP contribution in [0.25, 0.3) is 0 Å². The van der Waals surface area contributed by atoms with Gasteiger partial charge in [0.25, 0.3) is 0 Å². The summed E-state index contributed by atoms with van der Waals surface area (Å²) in [6.45, 7) is 6.36. The maximum absolute atomic E-state index is 12.1. The second-order valence-electron chi connectivity index (χ2n) is 6.12. The smallest absolute Gasteiger partial charge is 0.408 e. The van der Waals surface area contributed by atoms with Gasteiger partial charge in [-0.05, 0) is 20.8 Å². The molecule has 19 heavy (non-hydrogen) atoms. The third-order valence-corrected chi connectivity index (χ3v) is 3.68. The number of hydrogen-bond donors (Lipinski definition) is 1. The van der Waals surface area contributed by atoms with E-state index in [1.807, 2.05) is 0 Å². The highest BCUT2D eigenvalue weighted by Gasteiger charge is 2.49. The molecule has 1 aliphatic heterocycles. The predicted molar refractivity (Wildman–Crippen MR) is 66.9 cm³/mol. The van der Waals surface area contributed by atoms with Gasteiger partial charge in [-0.25, -0.2) is 4.79 Å². The number of carboxylic acid groups (broad SMARTS) is 1. The Morgan fingerprint density at radius 3 is 2.42 bits per heavy atom. The first-order valence-corrected chi connectivity index (χ1v) is 6.58. The number of carbonyl (C=O) groups excluding carboxylic acids is 1. The molecule has 6 nitrogen and oxygen atoms in total. The molecule has 0 aromatic heterocycles. The van der Waals surface area contributed by atoms with Crippen LogP contribution < -0.4 is 0 Å². The van der Waals surface area contributed by atoms with Crippen molar-refractivity contribution >= 4 is 11.9 Å². The van der Waals surface area contributed by atoms with Gasteiger partial charge in [-0.15, -0.1) is 0 Å². The van der Waals surface area contributed by atoms with Crippen LogP contribution in [0.4, 0.5) is 4.79 Å². The maximum atomic E-state index is 12.1. The molecule has 0 aromatic carbocycles. The van der Waals surface area contributed by atoms with E-state index in [1.165, 1.54) is 4.90 Å². The third kappa shape index (κ3) is 2.74. The van der Waals surface area contributed by atoms with Crippen molar-refractivity contribution in [2.45, 2.75) is 57.4 Å². The van der Waals surface area contributed by atoms with E-state index in [-0.39, 0.29) is 12.2 Å². The summed E-state index contributed by atoms with van der Waals surface area (Å²) in [5.41, 5.74) is -0.636. The van der Waals surface area contributed by atoms with E-state index in [4.69, 9.17) is 9.47 Å². The second-order valence-corrected chi connectivity index (χ2v) is 6.12. The molecule has 1 unspecified atom stereocenters. The Morgan fingerprint density at radius 2 is 1.95 bits per heavy atom. The van der Waals surface area contributed by atoms with Crippen molar-refractivity contribution in [3.05, 3.63) is 0 Å². The summed E-state index contributed by atoms with van der Waals surface area (Å²) >= 11 is 0.